The van der Waals surface area contributed by atoms with E-state index in [0.29, 0.717) is 11.5 Å². The summed E-state index contributed by atoms with van der Waals surface area (Å²) in [5.74, 6) is 1.58. The van der Waals surface area contributed by atoms with Crippen molar-refractivity contribution in [1.82, 2.24) is 14.6 Å². The van der Waals surface area contributed by atoms with Crippen molar-refractivity contribution in [2.45, 2.75) is 83.8 Å². The SMILES string of the molecule is CCC(C)(C)c1nc2cc(C(=O)N3C[C@@](C)(O)CO3)ccc2n1CC1CCCCC1. The van der Waals surface area contributed by atoms with E-state index in [1.807, 2.05) is 18.2 Å². The molecule has 30 heavy (non-hydrogen) atoms. The highest BCUT2D eigenvalue weighted by molar-refractivity contribution is 5.97. The number of β-amino-alcohol motifs (C(OH)–C–C–N with tert-alkyl or cyclic N) is 1. The number of hydroxylamine groups is 2. The molecular formula is C24H35N3O3. The summed E-state index contributed by atoms with van der Waals surface area (Å²) >= 11 is 0. The van der Waals surface area contributed by atoms with Crippen LogP contribution in [0.4, 0.5) is 0 Å². The van der Waals surface area contributed by atoms with Gasteiger partial charge in [-0.1, -0.05) is 40.0 Å². The van der Waals surface area contributed by atoms with Crippen molar-refractivity contribution in [3.8, 4) is 0 Å². The van der Waals surface area contributed by atoms with Crippen molar-refractivity contribution in [2.75, 3.05) is 13.2 Å². The average Bonchev–Trinajstić information content (AvgIpc) is 3.28. The molecule has 1 aliphatic carbocycles. The fourth-order valence-electron chi connectivity index (χ4n) is 4.64. The highest BCUT2D eigenvalue weighted by Gasteiger charge is 2.36. The van der Waals surface area contributed by atoms with Gasteiger partial charge in [-0.25, -0.2) is 10.0 Å². The number of benzene rings is 1. The van der Waals surface area contributed by atoms with E-state index in [-0.39, 0.29) is 24.5 Å². The molecule has 2 heterocycles. The van der Waals surface area contributed by atoms with E-state index in [0.717, 1.165) is 29.8 Å². The molecule has 0 radical (unpaired) electrons. The zero-order valence-corrected chi connectivity index (χ0v) is 18.8. The summed E-state index contributed by atoms with van der Waals surface area (Å²) in [6.07, 6.45) is 7.57. The van der Waals surface area contributed by atoms with Gasteiger partial charge in [-0.2, -0.15) is 0 Å². The topological polar surface area (TPSA) is 67.6 Å². The number of hydrogen-bond donors (Lipinski definition) is 1. The maximum atomic E-state index is 12.9. The molecule has 1 aliphatic heterocycles. The second-order valence-corrected chi connectivity index (χ2v) is 10.1. The lowest BCUT2D eigenvalue weighted by molar-refractivity contribution is -0.0797. The largest absolute Gasteiger partial charge is 0.386 e. The lowest BCUT2D eigenvalue weighted by Gasteiger charge is -2.27. The van der Waals surface area contributed by atoms with E-state index in [1.165, 1.54) is 37.2 Å². The molecule has 1 saturated heterocycles. The van der Waals surface area contributed by atoms with E-state index in [1.54, 1.807) is 6.92 Å². The second kappa shape index (κ2) is 7.97. The Morgan fingerprint density at radius 3 is 2.67 bits per heavy atom. The third-order valence-electron chi connectivity index (χ3n) is 6.89. The maximum Gasteiger partial charge on any atom is 0.277 e. The van der Waals surface area contributed by atoms with E-state index in [4.69, 9.17) is 9.82 Å². The Bertz CT molecular complexity index is 925. The highest BCUT2D eigenvalue weighted by atomic mass is 16.7. The molecule has 1 N–H and O–H groups in total. The number of carbonyl (C=O) groups excluding carboxylic acids is 1. The minimum absolute atomic E-state index is 0.0331. The van der Waals surface area contributed by atoms with Gasteiger partial charge in [0.1, 0.15) is 18.0 Å². The van der Waals surface area contributed by atoms with Crippen molar-refractivity contribution < 1.29 is 14.7 Å². The molecule has 1 atom stereocenters. The first-order valence-corrected chi connectivity index (χ1v) is 11.4. The Hall–Kier alpha value is -1.92. The summed E-state index contributed by atoms with van der Waals surface area (Å²) in [7, 11) is 0. The first-order chi connectivity index (χ1) is 14.2. The van der Waals surface area contributed by atoms with Crippen LogP contribution in [-0.2, 0) is 16.8 Å². The molecule has 1 saturated carbocycles. The van der Waals surface area contributed by atoms with Crippen LogP contribution in [0.25, 0.3) is 11.0 Å². The summed E-state index contributed by atoms with van der Waals surface area (Å²) in [5.41, 5.74) is 1.47. The lowest BCUT2D eigenvalue weighted by Crippen LogP contribution is -2.34. The van der Waals surface area contributed by atoms with Crippen LogP contribution in [0.3, 0.4) is 0 Å². The van der Waals surface area contributed by atoms with Gasteiger partial charge in [0.05, 0.1) is 17.6 Å². The van der Waals surface area contributed by atoms with Gasteiger partial charge in [0, 0.05) is 17.5 Å². The van der Waals surface area contributed by atoms with Crippen LogP contribution in [0.5, 0.6) is 0 Å². The van der Waals surface area contributed by atoms with E-state index in [9.17, 15) is 9.90 Å². The van der Waals surface area contributed by atoms with E-state index < -0.39 is 5.60 Å². The predicted molar refractivity (Wildman–Crippen MR) is 117 cm³/mol. The summed E-state index contributed by atoms with van der Waals surface area (Å²) in [4.78, 5) is 23.3. The normalized spacial score (nSPS) is 23.4. The third kappa shape index (κ3) is 4.12. The van der Waals surface area contributed by atoms with Crippen molar-refractivity contribution >= 4 is 16.9 Å². The lowest BCUT2D eigenvalue weighted by atomic mass is 9.87. The minimum Gasteiger partial charge on any atom is -0.386 e. The van der Waals surface area contributed by atoms with E-state index in [2.05, 4.69) is 25.3 Å². The average molecular weight is 414 g/mol. The molecule has 1 amide bonds. The summed E-state index contributed by atoms with van der Waals surface area (Å²) in [6.45, 7) is 9.68. The molecule has 2 aliphatic rings. The Labute approximate surface area is 179 Å². The van der Waals surface area contributed by atoms with Crippen LogP contribution in [0.2, 0.25) is 0 Å². The van der Waals surface area contributed by atoms with Crippen LogP contribution in [-0.4, -0.2) is 44.4 Å². The van der Waals surface area contributed by atoms with Crippen molar-refractivity contribution in [1.29, 1.82) is 0 Å². The molecule has 6 heteroatoms. The first kappa shape index (κ1) is 21.3. The Morgan fingerprint density at radius 2 is 2.03 bits per heavy atom. The number of rotatable bonds is 5. The molecule has 4 rings (SSSR count). The van der Waals surface area contributed by atoms with Gasteiger partial charge in [-0.15, -0.1) is 0 Å². The molecular weight excluding hydrogens is 378 g/mol. The third-order valence-corrected chi connectivity index (χ3v) is 6.89. The summed E-state index contributed by atoms with van der Waals surface area (Å²) in [5, 5.41) is 11.4. The van der Waals surface area contributed by atoms with E-state index >= 15 is 0 Å². The van der Waals surface area contributed by atoms with Crippen LogP contribution < -0.4 is 0 Å². The summed E-state index contributed by atoms with van der Waals surface area (Å²) < 4.78 is 2.40. The van der Waals surface area contributed by atoms with Crippen LogP contribution in [0.1, 0.15) is 82.4 Å². The quantitative estimate of drug-likeness (QED) is 0.787. The minimum atomic E-state index is -1.00. The fraction of sp³-hybridized carbons (Fsp3) is 0.667. The van der Waals surface area contributed by atoms with Gasteiger partial charge >= 0.3 is 0 Å². The van der Waals surface area contributed by atoms with Crippen molar-refractivity contribution in [3.63, 3.8) is 0 Å². The molecule has 2 fully saturated rings. The first-order valence-electron chi connectivity index (χ1n) is 11.4. The maximum absolute atomic E-state index is 12.9. The second-order valence-electron chi connectivity index (χ2n) is 10.1. The zero-order valence-electron chi connectivity index (χ0n) is 18.8. The molecule has 6 nitrogen and oxygen atoms in total. The molecule has 164 valence electrons. The number of carbonyl (C=O) groups is 1. The molecule has 1 aromatic carbocycles. The molecule has 1 aromatic heterocycles. The molecule has 2 aromatic rings. The zero-order chi connectivity index (χ0) is 21.5. The van der Waals surface area contributed by atoms with Crippen LogP contribution >= 0.6 is 0 Å². The number of nitrogens with zero attached hydrogens (tertiary/aromatic N) is 3. The monoisotopic (exact) mass is 413 g/mol. The number of aromatic nitrogens is 2. The van der Waals surface area contributed by atoms with Gasteiger partial charge in [0.25, 0.3) is 5.91 Å². The van der Waals surface area contributed by atoms with Gasteiger partial charge < -0.3 is 9.67 Å². The van der Waals surface area contributed by atoms with Crippen molar-refractivity contribution in [2.24, 2.45) is 5.92 Å². The number of fused-ring (bicyclic) bond motifs is 1. The Kier molecular flexibility index (Phi) is 5.66. The van der Waals surface area contributed by atoms with Gasteiger partial charge in [-0.3, -0.25) is 9.63 Å². The summed E-state index contributed by atoms with van der Waals surface area (Å²) in [6, 6.07) is 5.77. The number of hydrogen-bond acceptors (Lipinski definition) is 4. The number of aliphatic hydroxyl groups is 1. The predicted octanol–water partition coefficient (Wildman–Crippen LogP) is 4.44. The standard InChI is InChI=1S/C24H35N3O3/c1-5-23(2,3)22-25-19-13-18(21(28)27-15-24(4,29)16-30-27)11-12-20(19)26(22)14-17-9-7-6-8-10-17/h11-13,17,29H,5-10,14-16H2,1-4H3/t24-/m1/s1. The van der Waals surface area contributed by atoms with Crippen LogP contribution in [0.15, 0.2) is 18.2 Å². The van der Waals surface area contributed by atoms with Gasteiger partial charge in [0.15, 0.2) is 0 Å². The number of amides is 1. The smallest absolute Gasteiger partial charge is 0.277 e. The van der Waals surface area contributed by atoms with Gasteiger partial charge in [0.2, 0.25) is 0 Å². The molecule has 0 bridgehead atoms. The fourth-order valence-corrected chi connectivity index (χ4v) is 4.64. The Morgan fingerprint density at radius 1 is 1.30 bits per heavy atom. The number of imidazole rings is 1. The van der Waals surface area contributed by atoms with Crippen LogP contribution in [0, 0.1) is 5.92 Å². The van der Waals surface area contributed by atoms with Crippen molar-refractivity contribution in [3.05, 3.63) is 29.6 Å². The Balaban J connectivity index is 1.69. The molecule has 0 unspecified atom stereocenters. The highest BCUT2D eigenvalue weighted by Crippen LogP contribution is 2.33. The molecule has 0 spiro atoms. The van der Waals surface area contributed by atoms with Gasteiger partial charge in [-0.05, 0) is 50.3 Å².